The van der Waals surface area contributed by atoms with Gasteiger partial charge in [-0.2, -0.15) is 0 Å². The van der Waals surface area contributed by atoms with E-state index in [0.717, 1.165) is 0 Å². The number of nitrogens with one attached hydrogen (secondary N) is 1. The number of hydrogen-bond donors (Lipinski definition) is 1. The summed E-state index contributed by atoms with van der Waals surface area (Å²) in [5, 5.41) is 0.507. The van der Waals surface area contributed by atoms with Gasteiger partial charge in [-0.3, -0.25) is 4.72 Å². The smallest absolute Gasteiger partial charge is 0.262 e. The Labute approximate surface area is 135 Å². The minimum Gasteiger partial charge on any atom is -0.278 e. The summed E-state index contributed by atoms with van der Waals surface area (Å²) in [6.07, 6.45) is 0. The first-order valence-electron chi connectivity index (χ1n) is 5.40. The molecule has 1 heterocycles. The molecule has 0 radical (unpaired) electrons. The second-order valence-electron chi connectivity index (χ2n) is 3.98. The number of anilines is 1. The Morgan fingerprint density at radius 1 is 1.15 bits per heavy atom. The van der Waals surface area contributed by atoms with E-state index in [1.807, 2.05) is 0 Å². The number of nitrogens with zero attached hydrogens (tertiary/aromatic N) is 1. The molecule has 1 N–H and O–H groups in total. The molecule has 0 bridgehead atoms. The van der Waals surface area contributed by atoms with Crippen molar-refractivity contribution in [2.75, 3.05) is 4.72 Å². The molecule has 1 aromatic heterocycles. The first-order chi connectivity index (χ1) is 9.28. The SMILES string of the molecule is Cc1nc(Br)ccc1NS(=O)(=O)c1cc(Cl)cc(Cl)c1. The van der Waals surface area contributed by atoms with E-state index in [2.05, 4.69) is 25.6 Å². The van der Waals surface area contributed by atoms with Gasteiger partial charge in [-0.25, -0.2) is 13.4 Å². The van der Waals surface area contributed by atoms with Crippen molar-refractivity contribution in [3.8, 4) is 0 Å². The zero-order valence-corrected chi connectivity index (χ0v) is 14.1. The largest absolute Gasteiger partial charge is 0.278 e. The van der Waals surface area contributed by atoms with Gasteiger partial charge in [0.15, 0.2) is 0 Å². The first kappa shape index (κ1) is 15.6. The summed E-state index contributed by atoms with van der Waals surface area (Å²) in [6.45, 7) is 1.70. The van der Waals surface area contributed by atoms with E-state index in [1.54, 1.807) is 19.1 Å². The third kappa shape index (κ3) is 3.63. The Morgan fingerprint density at radius 3 is 2.30 bits per heavy atom. The van der Waals surface area contributed by atoms with Crippen LogP contribution in [0.3, 0.4) is 0 Å². The van der Waals surface area contributed by atoms with Gasteiger partial charge in [-0.1, -0.05) is 23.2 Å². The highest BCUT2D eigenvalue weighted by atomic mass is 79.9. The van der Waals surface area contributed by atoms with Crippen LogP contribution in [-0.4, -0.2) is 13.4 Å². The van der Waals surface area contributed by atoms with Gasteiger partial charge in [0.05, 0.1) is 16.3 Å². The number of halogens is 3. The Hall–Kier alpha value is -0.820. The Bertz CT molecular complexity index is 746. The molecule has 0 fully saturated rings. The van der Waals surface area contributed by atoms with Crippen LogP contribution in [0.5, 0.6) is 0 Å². The molecule has 20 heavy (non-hydrogen) atoms. The van der Waals surface area contributed by atoms with E-state index < -0.39 is 10.0 Å². The quantitative estimate of drug-likeness (QED) is 0.789. The van der Waals surface area contributed by atoms with Crippen molar-refractivity contribution in [2.24, 2.45) is 0 Å². The molecular formula is C12H9BrCl2N2O2S. The lowest BCUT2D eigenvalue weighted by Gasteiger charge is -2.10. The summed E-state index contributed by atoms with van der Waals surface area (Å²) < 4.78 is 27.6. The van der Waals surface area contributed by atoms with Gasteiger partial charge in [0.2, 0.25) is 0 Å². The minimum absolute atomic E-state index is 0.00248. The van der Waals surface area contributed by atoms with E-state index in [4.69, 9.17) is 23.2 Å². The fraction of sp³-hybridized carbons (Fsp3) is 0.0833. The standard InChI is InChI=1S/C12H9BrCl2N2O2S/c1-7-11(2-3-12(13)16-7)17-20(18,19)10-5-8(14)4-9(15)6-10/h2-6,17H,1H3. The highest BCUT2D eigenvalue weighted by Gasteiger charge is 2.17. The van der Waals surface area contributed by atoms with Gasteiger partial charge >= 0.3 is 0 Å². The van der Waals surface area contributed by atoms with Crippen molar-refractivity contribution >= 4 is 54.8 Å². The fourth-order valence-corrected chi connectivity index (χ4v) is 3.77. The maximum Gasteiger partial charge on any atom is 0.262 e. The number of aryl methyl sites for hydroxylation is 1. The molecule has 0 spiro atoms. The molecule has 8 heteroatoms. The summed E-state index contributed by atoms with van der Waals surface area (Å²) in [6, 6.07) is 7.40. The normalized spacial score (nSPS) is 11.4. The molecule has 0 unspecified atom stereocenters. The molecule has 0 aliphatic carbocycles. The second kappa shape index (κ2) is 5.89. The van der Waals surface area contributed by atoms with Gasteiger partial charge in [0, 0.05) is 10.0 Å². The first-order valence-corrected chi connectivity index (χ1v) is 8.43. The average Bonchev–Trinajstić information content (AvgIpc) is 2.31. The van der Waals surface area contributed by atoms with Gasteiger partial charge in [0.1, 0.15) is 4.60 Å². The molecule has 2 rings (SSSR count). The number of pyridine rings is 1. The maximum absolute atomic E-state index is 12.3. The summed E-state index contributed by atoms with van der Waals surface area (Å²) >= 11 is 14.8. The zero-order chi connectivity index (χ0) is 14.9. The van der Waals surface area contributed by atoms with E-state index in [9.17, 15) is 8.42 Å². The topological polar surface area (TPSA) is 59.1 Å². The molecular weight excluding hydrogens is 387 g/mol. The van der Waals surface area contributed by atoms with E-state index >= 15 is 0 Å². The highest BCUT2D eigenvalue weighted by molar-refractivity contribution is 9.10. The van der Waals surface area contributed by atoms with E-state index in [1.165, 1.54) is 18.2 Å². The predicted molar refractivity (Wildman–Crippen MR) is 83.9 cm³/mol. The zero-order valence-electron chi connectivity index (χ0n) is 10.2. The molecule has 0 amide bonds. The Morgan fingerprint density at radius 2 is 1.75 bits per heavy atom. The van der Waals surface area contributed by atoms with Crippen molar-refractivity contribution in [3.05, 3.63) is 50.7 Å². The van der Waals surface area contributed by atoms with Crippen molar-refractivity contribution in [2.45, 2.75) is 11.8 Å². The number of sulfonamides is 1. The molecule has 0 saturated heterocycles. The third-order valence-electron chi connectivity index (χ3n) is 2.44. The van der Waals surface area contributed by atoms with Crippen LogP contribution in [0, 0.1) is 6.92 Å². The van der Waals surface area contributed by atoms with Crippen molar-refractivity contribution in [3.63, 3.8) is 0 Å². The van der Waals surface area contributed by atoms with Gasteiger partial charge in [-0.15, -0.1) is 0 Å². The molecule has 1 aromatic carbocycles. The van der Waals surface area contributed by atoms with Crippen LogP contribution < -0.4 is 4.72 Å². The monoisotopic (exact) mass is 394 g/mol. The molecule has 0 saturated carbocycles. The van der Waals surface area contributed by atoms with Crippen molar-refractivity contribution in [1.82, 2.24) is 4.98 Å². The maximum atomic E-state index is 12.3. The minimum atomic E-state index is -3.77. The summed E-state index contributed by atoms with van der Waals surface area (Å²) in [5.41, 5.74) is 0.945. The average molecular weight is 396 g/mol. The molecule has 4 nitrogen and oxygen atoms in total. The molecule has 0 atom stereocenters. The Balaban J connectivity index is 2.40. The van der Waals surface area contributed by atoms with Crippen LogP contribution in [0.25, 0.3) is 0 Å². The summed E-state index contributed by atoms with van der Waals surface area (Å²) in [7, 11) is -3.77. The van der Waals surface area contributed by atoms with Crippen LogP contribution in [0.1, 0.15) is 5.69 Å². The van der Waals surface area contributed by atoms with Gasteiger partial charge in [0.25, 0.3) is 10.0 Å². The lowest BCUT2D eigenvalue weighted by Crippen LogP contribution is -2.14. The lowest BCUT2D eigenvalue weighted by atomic mass is 10.3. The molecule has 2 aromatic rings. The number of aromatic nitrogens is 1. The third-order valence-corrected chi connectivity index (χ3v) is 4.67. The van der Waals surface area contributed by atoms with Crippen molar-refractivity contribution in [1.29, 1.82) is 0 Å². The van der Waals surface area contributed by atoms with Crippen LogP contribution in [0.2, 0.25) is 10.0 Å². The predicted octanol–water partition coefficient (Wildman–Crippen LogP) is 4.26. The van der Waals surface area contributed by atoms with Crippen molar-refractivity contribution < 1.29 is 8.42 Å². The summed E-state index contributed by atoms with van der Waals surface area (Å²) in [5.74, 6) is 0. The molecule has 0 aliphatic rings. The highest BCUT2D eigenvalue weighted by Crippen LogP contribution is 2.25. The number of rotatable bonds is 3. The van der Waals surface area contributed by atoms with Gasteiger partial charge in [-0.05, 0) is 53.2 Å². The van der Waals surface area contributed by atoms with E-state index in [0.29, 0.717) is 16.0 Å². The Kier molecular flexibility index (Phi) is 4.59. The fourth-order valence-electron chi connectivity index (χ4n) is 1.53. The van der Waals surface area contributed by atoms with Crippen LogP contribution in [0.15, 0.2) is 39.8 Å². The summed E-state index contributed by atoms with van der Waals surface area (Å²) in [4.78, 5) is 4.12. The number of hydrogen-bond acceptors (Lipinski definition) is 3. The van der Waals surface area contributed by atoms with Crippen LogP contribution in [-0.2, 0) is 10.0 Å². The molecule has 106 valence electrons. The van der Waals surface area contributed by atoms with E-state index in [-0.39, 0.29) is 14.9 Å². The van der Waals surface area contributed by atoms with Gasteiger partial charge < -0.3 is 0 Å². The second-order valence-corrected chi connectivity index (χ2v) is 7.35. The lowest BCUT2D eigenvalue weighted by molar-refractivity contribution is 0.601. The van der Waals surface area contributed by atoms with Crippen LogP contribution >= 0.6 is 39.1 Å². The molecule has 0 aliphatic heterocycles. The van der Waals surface area contributed by atoms with Crippen LogP contribution in [0.4, 0.5) is 5.69 Å². The number of benzene rings is 1.